The molecule has 0 amide bonds. The summed E-state index contributed by atoms with van der Waals surface area (Å²) >= 11 is 0. The van der Waals surface area contributed by atoms with Crippen LogP contribution in [0.15, 0.2) is 0 Å². The van der Waals surface area contributed by atoms with E-state index in [0.29, 0.717) is 19.3 Å². The molecule has 0 aliphatic heterocycles. The number of hydrogen-bond acceptors (Lipinski definition) is 6. The van der Waals surface area contributed by atoms with E-state index in [0.717, 1.165) is 69.6 Å². The first-order valence-electron chi connectivity index (χ1n) is 22.3. The first-order valence-corrected chi connectivity index (χ1v) is 22.3. The predicted molar refractivity (Wildman–Crippen MR) is 215 cm³/mol. The van der Waals surface area contributed by atoms with Crippen molar-refractivity contribution in [1.29, 1.82) is 0 Å². The highest BCUT2D eigenvalue weighted by atomic mass is 16.6. The summed E-state index contributed by atoms with van der Waals surface area (Å²) in [6, 6.07) is 0. The van der Waals surface area contributed by atoms with Crippen molar-refractivity contribution in [1.82, 2.24) is 0 Å². The molecule has 0 aromatic rings. The van der Waals surface area contributed by atoms with E-state index in [9.17, 15) is 14.4 Å². The van der Waals surface area contributed by atoms with Crippen LogP contribution in [0.1, 0.15) is 240 Å². The van der Waals surface area contributed by atoms with Crippen LogP contribution in [0.3, 0.4) is 0 Å². The van der Waals surface area contributed by atoms with Crippen LogP contribution in [0.4, 0.5) is 0 Å². The Balaban J connectivity index is 4.31. The first kappa shape index (κ1) is 49.4. The normalized spacial score (nSPS) is 12.6. The summed E-state index contributed by atoms with van der Waals surface area (Å²) in [5.74, 6) is 0.777. The number of esters is 3. The number of hydrogen-bond donors (Lipinski definition) is 0. The minimum Gasteiger partial charge on any atom is -0.462 e. The van der Waals surface area contributed by atoms with Gasteiger partial charge in [0, 0.05) is 19.3 Å². The van der Waals surface area contributed by atoms with Crippen LogP contribution in [0.5, 0.6) is 0 Å². The van der Waals surface area contributed by atoms with Crippen molar-refractivity contribution in [3.8, 4) is 0 Å². The summed E-state index contributed by atoms with van der Waals surface area (Å²) in [4.78, 5) is 37.6. The number of carbonyl (C=O) groups excluding carboxylic acids is 3. The highest BCUT2D eigenvalue weighted by molar-refractivity contribution is 5.71. The van der Waals surface area contributed by atoms with E-state index in [1.54, 1.807) is 0 Å². The number of ether oxygens (including phenoxy) is 3. The fourth-order valence-corrected chi connectivity index (χ4v) is 6.54. The molecule has 302 valence electrons. The minimum atomic E-state index is -0.760. The molecular weight excluding hydrogens is 636 g/mol. The Hall–Kier alpha value is -1.59. The van der Waals surface area contributed by atoms with Gasteiger partial charge in [0.1, 0.15) is 13.2 Å². The summed E-state index contributed by atoms with van der Waals surface area (Å²) in [5, 5.41) is 0. The second kappa shape index (κ2) is 38.1. The van der Waals surface area contributed by atoms with Crippen molar-refractivity contribution >= 4 is 17.9 Å². The maximum atomic E-state index is 12.6. The molecule has 51 heavy (non-hydrogen) atoms. The van der Waals surface area contributed by atoms with Gasteiger partial charge in [-0.15, -0.1) is 0 Å². The maximum absolute atomic E-state index is 12.6. The molecule has 0 fully saturated rings. The average molecular weight is 723 g/mol. The highest BCUT2D eigenvalue weighted by Gasteiger charge is 2.19. The van der Waals surface area contributed by atoms with Gasteiger partial charge in [0.15, 0.2) is 6.10 Å². The summed E-state index contributed by atoms with van der Waals surface area (Å²) in [7, 11) is 0. The van der Waals surface area contributed by atoms with Crippen molar-refractivity contribution in [2.45, 2.75) is 246 Å². The Bertz CT molecular complexity index is 781. The standard InChI is InChI=1S/C45H86O6/c1-6-8-9-10-11-15-20-27-32-37-45(48)51-42(39-50-44(47)36-31-26-22-21-24-29-34-41(5)7-2)38-49-43(46)35-30-25-19-17-14-12-13-16-18-23-28-33-40(3)4/h40-42H,6-39H2,1-5H3/t41?,42-/m1/s1. The van der Waals surface area contributed by atoms with Gasteiger partial charge in [-0.05, 0) is 31.1 Å². The third kappa shape index (κ3) is 38.0. The van der Waals surface area contributed by atoms with Crippen LogP contribution in [0.25, 0.3) is 0 Å². The van der Waals surface area contributed by atoms with Gasteiger partial charge in [0.2, 0.25) is 0 Å². The summed E-state index contributed by atoms with van der Waals surface area (Å²) < 4.78 is 16.7. The monoisotopic (exact) mass is 723 g/mol. The van der Waals surface area contributed by atoms with Crippen molar-refractivity contribution in [2.24, 2.45) is 11.8 Å². The second-order valence-electron chi connectivity index (χ2n) is 16.1. The summed E-state index contributed by atoms with van der Waals surface area (Å²) in [5.41, 5.74) is 0. The molecule has 0 bridgehead atoms. The molecule has 0 aromatic heterocycles. The lowest BCUT2D eigenvalue weighted by Gasteiger charge is -2.18. The first-order chi connectivity index (χ1) is 24.8. The molecule has 1 unspecified atom stereocenters. The molecular formula is C45H86O6. The van der Waals surface area contributed by atoms with Gasteiger partial charge in [-0.3, -0.25) is 14.4 Å². The van der Waals surface area contributed by atoms with Crippen molar-refractivity contribution in [3.63, 3.8) is 0 Å². The number of carbonyl (C=O) groups is 3. The van der Waals surface area contributed by atoms with Gasteiger partial charge >= 0.3 is 17.9 Å². The SMILES string of the molecule is CCCCCCCCCCCC(=O)O[C@H](COC(=O)CCCCCCCCCCCCCC(C)C)COC(=O)CCCCCCCCC(C)CC. The predicted octanol–water partition coefficient (Wildman–Crippen LogP) is 13.8. The van der Waals surface area contributed by atoms with Crippen LogP contribution < -0.4 is 0 Å². The van der Waals surface area contributed by atoms with Gasteiger partial charge in [-0.25, -0.2) is 0 Å². The Morgan fingerprint density at radius 3 is 1.12 bits per heavy atom. The lowest BCUT2D eigenvalue weighted by molar-refractivity contribution is -0.167. The van der Waals surface area contributed by atoms with E-state index >= 15 is 0 Å². The zero-order valence-electron chi connectivity index (χ0n) is 34.7. The van der Waals surface area contributed by atoms with Gasteiger partial charge < -0.3 is 14.2 Å². The molecule has 0 rings (SSSR count). The number of unbranched alkanes of at least 4 members (excludes halogenated alkanes) is 23. The molecule has 0 aromatic carbocycles. The van der Waals surface area contributed by atoms with Gasteiger partial charge in [-0.1, -0.05) is 202 Å². The van der Waals surface area contributed by atoms with E-state index in [1.165, 1.54) is 128 Å². The van der Waals surface area contributed by atoms with Crippen LogP contribution >= 0.6 is 0 Å². The minimum absolute atomic E-state index is 0.0657. The average Bonchev–Trinajstić information content (AvgIpc) is 3.11. The Morgan fingerprint density at radius 2 is 0.745 bits per heavy atom. The van der Waals surface area contributed by atoms with E-state index in [2.05, 4.69) is 34.6 Å². The Morgan fingerprint density at radius 1 is 0.412 bits per heavy atom. The van der Waals surface area contributed by atoms with E-state index < -0.39 is 6.10 Å². The molecule has 0 N–H and O–H groups in total. The lowest BCUT2D eigenvalue weighted by Crippen LogP contribution is -2.30. The number of rotatable bonds is 39. The highest BCUT2D eigenvalue weighted by Crippen LogP contribution is 2.17. The fourth-order valence-electron chi connectivity index (χ4n) is 6.54. The topological polar surface area (TPSA) is 78.9 Å². The summed E-state index contributed by atoms with van der Waals surface area (Å²) in [6.07, 6.45) is 35.2. The van der Waals surface area contributed by atoms with Gasteiger partial charge in [0.25, 0.3) is 0 Å². The smallest absolute Gasteiger partial charge is 0.306 e. The largest absolute Gasteiger partial charge is 0.462 e. The van der Waals surface area contributed by atoms with E-state index in [-0.39, 0.29) is 31.1 Å². The Kier molecular flexibility index (Phi) is 37.0. The molecule has 0 heterocycles. The van der Waals surface area contributed by atoms with Crippen molar-refractivity contribution in [2.75, 3.05) is 13.2 Å². The molecule has 0 aliphatic carbocycles. The fraction of sp³-hybridized carbons (Fsp3) is 0.933. The summed E-state index contributed by atoms with van der Waals surface area (Å²) in [6.45, 7) is 11.3. The van der Waals surface area contributed by atoms with Gasteiger partial charge in [0.05, 0.1) is 0 Å². The zero-order chi connectivity index (χ0) is 37.6. The van der Waals surface area contributed by atoms with Crippen LogP contribution in [-0.2, 0) is 28.6 Å². The maximum Gasteiger partial charge on any atom is 0.306 e. The molecule has 0 radical (unpaired) electrons. The third-order valence-corrected chi connectivity index (χ3v) is 10.3. The van der Waals surface area contributed by atoms with E-state index in [1.807, 2.05) is 0 Å². The second-order valence-corrected chi connectivity index (χ2v) is 16.1. The molecule has 0 saturated heterocycles. The lowest BCUT2D eigenvalue weighted by atomic mass is 10.00. The molecule has 6 nitrogen and oxygen atoms in total. The zero-order valence-corrected chi connectivity index (χ0v) is 34.7. The van der Waals surface area contributed by atoms with Crippen LogP contribution in [-0.4, -0.2) is 37.2 Å². The van der Waals surface area contributed by atoms with Gasteiger partial charge in [-0.2, -0.15) is 0 Å². The van der Waals surface area contributed by atoms with E-state index in [4.69, 9.17) is 14.2 Å². The third-order valence-electron chi connectivity index (χ3n) is 10.3. The van der Waals surface area contributed by atoms with Crippen LogP contribution in [0, 0.1) is 11.8 Å². The molecule has 0 aliphatic rings. The Labute approximate surface area is 317 Å². The quantitative estimate of drug-likeness (QED) is 0.0357. The van der Waals surface area contributed by atoms with Crippen LogP contribution in [0.2, 0.25) is 0 Å². The molecule has 0 saturated carbocycles. The molecule has 2 atom stereocenters. The molecule has 6 heteroatoms. The van der Waals surface area contributed by atoms with Crippen molar-refractivity contribution in [3.05, 3.63) is 0 Å². The molecule has 0 spiro atoms. The van der Waals surface area contributed by atoms with Crippen molar-refractivity contribution < 1.29 is 28.6 Å².